The normalized spacial score (nSPS) is 13.8. The zero-order chi connectivity index (χ0) is 21.8. The first-order chi connectivity index (χ1) is 15.1. The van der Waals surface area contributed by atoms with Crippen LogP contribution in [0.1, 0.15) is 15.9 Å². The zero-order valence-electron chi connectivity index (χ0n) is 17.5. The summed E-state index contributed by atoms with van der Waals surface area (Å²) < 4.78 is 24.7. The minimum Gasteiger partial charge on any atom is -0.493 e. The number of amides is 1. The van der Waals surface area contributed by atoms with Crippen molar-refractivity contribution in [2.45, 2.75) is 6.54 Å². The highest BCUT2D eigenvalue weighted by atomic mass is 32.2. The quantitative estimate of drug-likeness (QED) is 0.619. The lowest BCUT2D eigenvalue weighted by Crippen LogP contribution is -2.38. The fourth-order valence-electron chi connectivity index (χ4n) is 3.64. The van der Waals surface area contributed by atoms with Crippen molar-refractivity contribution in [3.05, 3.63) is 59.5 Å². The summed E-state index contributed by atoms with van der Waals surface area (Å²) in [5, 5.41) is 3.93. The summed E-state index contributed by atoms with van der Waals surface area (Å²) in [6, 6.07) is 10.0. The molecule has 0 unspecified atom stereocenters. The van der Waals surface area contributed by atoms with Crippen molar-refractivity contribution in [1.29, 1.82) is 0 Å². The van der Waals surface area contributed by atoms with Crippen LogP contribution in [0.4, 0.5) is 10.1 Å². The van der Waals surface area contributed by atoms with E-state index in [1.54, 1.807) is 26.5 Å². The maximum Gasteiger partial charge on any atom is 0.257 e. The van der Waals surface area contributed by atoms with Gasteiger partial charge in [0.15, 0.2) is 11.5 Å². The smallest absolute Gasteiger partial charge is 0.257 e. The highest BCUT2D eigenvalue weighted by molar-refractivity contribution is 7.99. The fraction of sp³-hybridized carbons (Fsp3) is 0.304. The topological polar surface area (TPSA) is 63.7 Å². The molecule has 0 spiro atoms. The minimum absolute atomic E-state index is 0.0891. The van der Waals surface area contributed by atoms with Crippen LogP contribution in [0.2, 0.25) is 0 Å². The Morgan fingerprint density at radius 2 is 1.90 bits per heavy atom. The summed E-state index contributed by atoms with van der Waals surface area (Å²) in [7, 11) is 3.17. The van der Waals surface area contributed by atoms with Crippen molar-refractivity contribution < 1.29 is 18.7 Å². The molecule has 3 aromatic rings. The Morgan fingerprint density at radius 3 is 2.65 bits per heavy atom. The number of hydrogen-bond donors (Lipinski definition) is 1. The molecule has 1 saturated heterocycles. The third-order valence-corrected chi connectivity index (χ3v) is 6.22. The second-order valence-electron chi connectivity index (χ2n) is 7.16. The van der Waals surface area contributed by atoms with Crippen LogP contribution in [0.15, 0.2) is 42.6 Å². The van der Waals surface area contributed by atoms with Gasteiger partial charge in [0.1, 0.15) is 5.82 Å². The van der Waals surface area contributed by atoms with E-state index in [2.05, 4.69) is 10.3 Å². The zero-order valence-corrected chi connectivity index (χ0v) is 18.3. The average molecular weight is 442 g/mol. The van der Waals surface area contributed by atoms with Crippen LogP contribution in [-0.4, -0.2) is 54.6 Å². The molecule has 2 heterocycles. The van der Waals surface area contributed by atoms with Crippen LogP contribution in [0.5, 0.6) is 11.5 Å². The van der Waals surface area contributed by atoms with Crippen LogP contribution in [0.25, 0.3) is 10.9 Å². The first-order valence-electron chi connectivity index (χ1n) is 10.0. The highest BCUT2D eigenvalue weighted by Gasteiger charge is 2.23. The van der Waals surface area contributed by atoms with Gasteiger partial charge in [-0.2, -0.15) is 11.8 Å². The summed E-state index contributed by atoms with van der Waals surface area (Å²) >= 11 is 1.84. The maximum atomic E-state index is 14.1. The second kappa shape index (κ2) is 9.43. The Hall–Kier alpha value is -3.00. The molecule has 1 N–H and O–H groups in total. The third-order valence-electron chi connectivity index (χ3n) is 5.28. The van der Waals surface area contributed by atoms with Crippen molar-refractivity contribution in [3.8, 4) is 11.5 Å². The number of carbonyl (C=O) groups excluding carboxylic acids is 1. The van der Waals surface area contributed by atoms with Crippen LogP contribution < -0.4 is 14.8 Å². The number of rotatable bonds is 6. The Labute approximate surface area is 184 Å². The van der Waals surface area contributed by atoms with Crippen molar-refractivity contribution in [2.75, 3.05) is 44.1 Å². The molecule has 1 aliphatic rings. The number of anilines is 1. The number of aromatic nitrogens is 1. The number of benzene rings is 2. The number of fused-ring (bicyclic) bond motifs is 1. The monoisotopic (exact) mass is 441 g/mol. The molecule has 162 valence electrons. The van der Waals surface area contributed by atoms with E-state index < -0.39 is 0 Å². The number of nitrogens with zero attached hydrogens (tertiary/aromatic N) is 2. The van der Waals surface area contributed by atoms with Crippen molar-refractivity contribution in [2.24, 2.45) is 0 Å². The minimum atomic E-state index is -0.373. The van der Waals surface area contributed by atoms with Gasteiger partial charge >= 0.3 is 0 Å². The van der Waals surface area contributed by atoms with Gasteiger partial charge in [0, 0.05) is 42.7 Å². The molecule has 0 aliphatic carbocycles. The molecule has 0 radical (unpaired) electrons. The van der Waals surface area contributed by atoms with E-state index in [-0.39, 0.29) is 11.7 Å². The van der Waals surface area contributed by atoms with Crippen molar-refractivity contribution in [3.63, 3.8) is 0 Å². The third kappa shape index (κ3) is 4.54. The molecule has 1 aromatic heterocycles. The Kier molecular flexibility index (Phi) is 6.46. The number of ether oxygens (including phenoxy) is 2. The Bertz CT molecular complexity index is 1100. The van der Waals surface area contributed by atoms with E-state index in [1.165, 1.54) is 12.1 Å². The lowest BCUT2D eigenvalue weighted by atomic mass is 10.1. The molecule has 1 fully saturated rings. The Morgan fingerprint density at radius 1 is 1.13 bits per heavy atom. The largest absolute Gasteiger partial charge is 0.493 e. The predicted molar refractivity (Wildman–Crippen MR) is 122 cm³/mol. The van der Waals surface area contributed by atoms with Gasteiger partial charge in [-0.05, 0) is 35.9 Å². The molecular weight excluding hydrogens is 417 g/mol. The number of carbonyl (C=O) groups is 1. The predicted octanol–water partition coefficient (Wildman–Crippen LogP) is 4.19. The lowest BCUT2D eigenvalue weighted by Gasteiger charge is -2.27. The molecule has 1 amide bonds. The van der Waals surface area contributed by atoms with E-state index in [1.807, 2.05) is 34.9 Å². The number of halogens is 1. The maximum absolute atomic E-state index is 14.1. The first kappa shape index (κ1) is 21.2. The van der Waals surface area contributed by atoms with Gasteiger partial charge in [0.05, 0.1) is 31.0 Å². The standard InChI is InChI=1S/C23H24FN3O3S/c1-29-20-6-3-15(11-21(20)30-2)13-26-22-17-12-16(24)4-5-19(17)25-14-18(22)23(28)27-7-9-31-10-8-27/h3-6,11-12,14H,7-10,13H2,1-2H3,(H,25,26). The van der Waals surface area contributed by atoms with Gasteiger partial charge in [-0.1, -0.05) is 6.07 Å². The SMILES string of the molecule is COc1ccc(CNc2c(C(=O)N3CCSCC3)cnc3ccc(F)cc23)cc1OC. The number of hydrogen-bond acceptors (Lipinski definition) is 6. The fourth-order valence-corrected chi connectivity index (χ4v) is 4.54. The van der Waals surface area contributed by atoms with Gasteiger partial charge in [0.2, 0.25) is 0 Å². The van der Waals surface area contributed by atoms with E-state index in [9.17, 15) is 9.18 Å². The highest BCUT2D eigenvalue weighted by Crippen LogP contribution is 2.31. The number of methoxy groups -OCH3 is 2. The molecule has 0 atom stereocenters. The number of pyridine rings is 1. The summed E-state index contributed by atoms with van der Waals surface area (Å²) in [6.07, 6.45) is 1.58. The summed E-state index contributed by atoms with van der Waals surface area (Å²) in [6.45, 7) is 1.81. The molecule has 0 bridgehead atoms. The van der Waals surface area contributed by atoms with Crippen LogP contribution in [0.3, 0.4) is 0 Å². The molecule has 0 saturated carbocycles. The van der Waals surface area contributed by atoms with Crippen LogP contribution in [-0.2, 0) is 6.54 Å². The molecule has 6 nitrogen and oxygen atoms in total. The van der Waals surface area contributed by atoms with Gasteiger partial charge in [-0.15, -0.1) is 0 Å². The van der Waals surface area contributed by atoms with Crippen LogP contribution >= 0.6 is 11.8 Å². The van der Waals surface area contributed by atoms with Gasteiger partial charge in [-0.25, -0.2) is 4.39 Å². The van der Waals surface area contributed by atoms with E-state index in [0.29, 0.717) is 53.3 Å². The molecule has 2 aromatic carbocycles. The molecular formula is C23H24FN3O3S. The van der Waals surface area contributed by atoms with Crippen molar-refractivity contribution in [1.82, 2.24) is 9.88 Å². The van der Waals surface area contributed by atoms with Gasteiger partial charge in [0.25, 0.3) is 5.91 Å². The molecule has 31 heavy (non-hydrogen) atoms. The molecule has 1 aliphatic heterocycles. The molecule has 8 heteroatoms. The summed E-state index contributed by atoms with van der Waals surface area (Å²) in [5.41, 5.74) is 2.60. The van der Waals surface area contributed by atoms with E-state index >= 15 is 0 Å². The molecule has 4 rings (SSSR count). The van der Waals surface area contributed by atoms with Gasteiger partial charge < -0.3 is 19.7 Å². The average Bonchev–Trinajstić information content (AvgIpc) is 2.82. The second-order valence-corrected chi connectivity index (χ2v) is 8.38. The first-order valence-corrected chi connectivity index (χ1v) is 11.2. The van der Waals surface area contributed by atoms with E-state index in [0.717, 1.165) is 17.1 Å². The Balaban J connectivity index is 1.70. The summed E-state index contributed by atoms with van der Waals surface area (Å²) in [4.78, 5) is 19.5. The number of thioether (sulfide) groups is 1. The lowest BCUT2D eigenvalue weighted by molar-refractivity contribution is 0.0773. The van der Waals surface area contributed by atoms with Crippen LogP contribution in [0, 0.1) is 5.82 Å². The number of nitrogens with one attached hydrogen (secondary N) is 1. The summed E-state index contributed by atoms with van der Waals surface area (Å²) in [5.74, 6) is 2.62. The van der Waals surface area contributed by atoms with E-state index in [4.69, 9.17) is 9.47 Å². The van der Waals surface area contributed by atoms with Crippen molar-refractivity contribution >= 4 is 34.3 Å². The van der Waals surface area contributed by atoms with Gasteiger partial charge in [-0.3, -0.25) is 9.78 Å².